The Hall–Kier alpha value is -3.55. The van der Waals surface area contributed by atoms with Crippen molar-refractivity contribution in [2.24, 2.45) is 10.7 Å². The van der Waals surface area contributed by atoms with Gasteiger partial charge in [0.1, 0.15) is 17.9 Å². The highest BCUT2D eigenvalue weighted by atomic mass is 35.5. The summed E-state index contributed by atoms with van der Waals surface area (Å²) in [6.07, 6.45) is 1.62. The van der Waals surface area contributed by atoms with E-state index in [4.69, 9.17) is 27.1 Å². The fourth-order valence-corrected chi connectivity index (χ4v) is 6.51. The van der Waals surface area contributed by atoms with Crippen molar-refractivity contribution >= 4 is 46.7 Å². The first kappa shape index (κ1) is 29.9. The number of rotatable bonds is 7. The number of amides is 3. The van der Waals surface area contributed by atoms with Crippen molar-refractivity contribution < 1.29 is 23.5 Å². The maximum atomic E-state index is 14.6. The zero-order chi connectivity index (χ0) is 30.3. The summed E-state index contributed by atoms with van der Waals surface area (Å²) < 4.78 is 20.1. The maximum absolute atomic E-state index is 14.6. The lowest BCUT2D eigenvalue weighted by atomic mass is 9.94. The van der Waals surface area contributed by atoms with Crippen LogP contribution in [0.1, 0.15) is 44.3 Å². The predicted octanol–water partition coefficient (Wildman–Crippen LogP) is 2.92. The summed E-state index contributed by atoms with van der Waals surface area (Å²) in [4.78, 5) is 54.1. The van der Waals surface area contributed by atoms with E-state index < -0.39 is 41.4 Å². The van der Waals surface area contributed by atoms with Crippen LogP contribution >= 0.6 is 22.9 Å². The summed E-state index contributed by atoms with van der Waals surface area (Å²) in [6.45, 7) is 8.71. The molecule has 0 unspecified atom stereocenters. The van der Waals surface area contributed by atoms with E-state index in [0.29, 0.717) is 36.2 Å². The number of halogens is 2. The van der Waals surface area contributed by atoms with Crippen molar-refractivity contribution in [1.82, 2.24) is 25.0 Å². The minimum atomic E-state index is -1.01. The Bertz CT molecular complexity index is 1460. The van der Waals surface area contributed by atoms with Crippen LogP contribution in [0.15, 0.2) is 46.0 Å². The molecular formula is C28H33ClFN7O4S. The molecule has 3 N–H and O–H groups in total. The molecule has 42 heavy (non-hydrogen) atoms. The van der Waals surface area contributed by atoms with Crippen LogP contribution in [0.3, 0.4) is 0 Å². The largest absolute Gasteiger partial charge is 0.463 e. The number of thiazole rings is 1. The Morgan fingerprint density at radius 1 is 1.29 bits per heavy atom. The monoisotopic (exact) mass is 617 g/mol. The molecule has 0 aliphatic carbocycles. The van der Waals surface area contributed by atoms with Gasteiger partial charge in [0.2, 0.25) is 5.91 Å². The van der Waals surface area contributed by atoms with E-state index in [1.807, 2.05) is 25.7 Å². The third-order valence-electron chi connectivity index (χ3n) is 7.63. The third kappa shape index (κ3) is 5.48. The first-order valence-corrected chi connectivity index (χ1v) is 14.9. The van der Waals surface area contributed by atoms with E-state index in [9.17, 15) is 18.8 Å². The van der Waals surface area contributed by atoms with Crippen LogP contribution in [0, 0.1) is 5.82 Å². The normalized spacial score (nSPS) is 23.0. The Balaban J connectivity index is 1.58. The number of benzene rings is 1. The highest BCUT2D eigenvalue weighted by Gasteiger charge is 2.51. The van der Waals surface area contributed by atoms with Gasteiger partial charge in [-0.05, 0) is 33.8 Å². The first-order chi connectivity index (χ1) is 19.9. The van der Waals surface area contributed by atoms with E-state index in [1.165, 1.54) is 23.5 Å². The van der Waals surface area contributed by atoms with Crippen molar-refractivity contribution in [1.29, 1.82) is 0 Å². The van der Waals surface area contributed by atoms with Crippen molar-refractivity contribution in [3.8, 4) is 0 Å². The van der Waals surface area contributed by atoms with Gasteiger partial charge >= 0.3 is 12.0 Å². The molecule has 3 aliphatic rings. The molecule has 4 heterocycles. The molecule has 0 saturated carbocycles. The van der Waals surface area contributed by atoms with Gasteiger partial charge in [-0.3, -0.25) is 14.7 Å². The number of carbonyl (C=O) groups excluding carboxylic acids is 3. The smallest absolute Gasteiger partial charge is 0.338 e. The Kier molecular flexibility index (Phi) is 8.28. The van der Waals surface area contributed by atoms with E-state index in [-0.39, 0.29) is 35.3 Å². The fraction of sp³-hybridized carbons (Fsp3) is 0.464. The van der Waals surface area contributed by atoms with Crippen molar-refractivity contribution in [3.63, 3.8) is 0 Å². The van der Waals surface area contributed by atoms with Gasteiger partial charge in [0.15, 0.2) is 10.8 Å². The van der Waals surface area contributed by atoms with E-state index in [2.05, 4.69) is 10.3 Å². The van der Waals surface area contributed by atoms with Gasteiger partial charge in [-0.1, -0.05) is 23.7 Å². The number of primary amides is 1. The zero-order valence-electron chi connectivity index (χ0n) is 23.8. The maximum Gasteiger partial charge on any atom is 0.338 e. The summed E-state index contributed by atoms with van der Waals surface area (Å²) in [5.41, 5.74) is 6.34. The molecule has 3 atom stereocenters. The van der Waals surface area contributed by atoms with Gasteiger partial charge in [0.25, 0.3) is 0 Å². The van der Waals surface area contributed by atoms with E-state index >= 15 is 0 Å². The highest BCUT2D eigenvalue weighted by molar-refractivity contribution is 7.11. The fourth-order valence-electron chi connectivity index (χ4n) is 5.70. The second-order valence-electron chi connectivity index (χ2n) is 11.2. The van der Waals surface area contributed by atoms with Gasteiger partial charge in [-0.15, -0.1) is 11.3 Å². The van der Waals surface area contributed by atoms with Gasteiger partial charge in [-0.2, -0.15) is 0 Å². The third-order valence-corrected chi connectivity index (χ3v) is 8.81. The molecule has 1 aromatic heterocycles. The first-order valence-electron chi connectivity index (χ1n) is 13.6. The molecule has 2 saturated heterocycles. The molecule has 2 aromatic rings. The number of hydrogen-bond acceptors (Lipinski definition) is 9. The number of aliphatic imine (C=N–C) groups is 1. The number of carbonyl (C=O) groups is 3. The lowest BCUT2D eigenvalue weighted by Crippen LogP contribution is -2.64. The lowest BCUT2D eigenvalue weighted by molar-refractivity contribution is -0.139. The van der Waals surface area contributed by atoms with Gasteiger partial charge in [0.05, 0.1) is 23.2 Å². The molecule has 3 amide bonds. The standard InChI is InChI=1S/C28H33ClFN7O4S/c1-5-41-26(39)19-17(13-35-10-11-36-18(22(35)23(31)38)14-37(27(36)40)28(2,3)4)33-24(25-32-9-12-42-25)34-21(19)15-7-6-8-16(30)20(15)29/h6-9,12,18,21-22H,5,10-11,13-14H2,1-4H3,(H2,31,38)(H,33,34)/t18-,21+,22+/m1/s1. The zero-order valence-corrected chi connectivity index (χ0v) is 25.3. The summed E-state index contributed by atoms with van der Waals surface area (Å²) in [5.74, 6) is -1.53. The number of urea groups is 1. The van der Waals surface area contributed by atoms with Crippen LogP contribution in [-0.4, -0.2) is 93.8 Å². The van der Waals surface area contributed by atoms with Crippen LogP contribution in [0.2, 0.25) is 5.02 Å². The van der Waals surface area contributed by atoms with Crippen molar-refractivity contribution in [2.45, 2.75) is 51.4 Å². The number of esters is 1. The van der Waals surface area contributed by atoms with Crippen LogP contribution < -0.4 is 11.1 Å². The summed E-state index contributed by atoms with van der Waals surface area (Å²) in [7, 11) is 0. The minimum absolute atomic E-state index is 0.0730. The molecule has 224 valence electrons. The number of piperazine rings is 1. The SMILES string of the molecule is CCOC(=O)C1=C(CN2CCN3C(=O)N(C(C)(C)C)C[C@@H]3[C@H]2C(N)=O)NC(c2nccs2)=N[C@H]1c1cccc(F)c1Cl. The Morgan fingerprint density at radius 2 is 2.05 bits per heavy atom. The number of hydrogen-bond donors (Lipinski definition) is 2. The minimum Gasteiger partial charge on any atom is -0.463 e. The second kappa shape index (κ2) is 11.6. The molecular weight excluding hydrogens is 585 g/mol. The molecule has 0 bridgehead atoms. The summed E-state index contributed by atoms with van der Waals surface area (Å²) in [6, 6.07) is 1.88. The van der Waals surface area contributed by atoms with Crippen molar-refractivity contribution in [2.75, 3.05) is 32.8 Å². The second-order valence-corrected chi connectivity index (χ2v) is 12.5. The van der Waals surface area contributed by atoms with Gasteiger partial charge in [-0.25, -0.2) is 19.0 Å². The topological polar surface area (TPSA) is 133 Å². The number of aromatic nitrogens is 1. The summed E-state index contributed by atoms with van der Waals surface area (Å²) in [5, 5.41) is 5.41. The number of fused-ring (bicyclic) bond motifs is 1. The predicted molar refractivity (Wildman–Crippen MR) is 157 cm³/mol. The van der Waals surface area contributed by atoms with Gasteiger partial charge < -0.3 is 25.6 Å². The van der Waals surface area contributed by atoms with Crippen LogP contribution in [0.4, 0.5) is 9.18 Å². The average molecular weight is 618 g/mol. The molecule has 1 aromatic carbocycles. The average Bonchev–Trinajstić information content (AvgIpc) is 3.58. The molecule has 2 fully saturated rings. The van der Waals surface area contributed by atoms with E-state index in [0.717, 1.165) is 0 Å². The Labute approximate surface area is 252 Å². The molecule has 5 rings (SSSR count). The number of nitrogens with two attached hydrogens (primary N) is 1. The number of nitrogens with zero attached hydrogens (tertiary/aromatic N) is 5. The molecule has 11 nitrogen and oxygen atoms in total. The van der Waals surface area contributed by atoms with E-state index in [1.54, 1.807) is 34.4 Å². The molecule has 3 aliphatic heterocycles. The van der Waals surface area contributed by atoms with Crippen LogP contribution in [-0.2, 0) is 14.3 Å². The summed E-state index contributed by atoms with van der Waals surface area (Å²) >= 11 is 7.74. The van der Waals surface area contributed by atoms with Gasteiger partial charge in [0, 0.05) is 54.6 Å². The van der Waals surface area contributed by atoms with Crippen LogP contribution in [0.25, 0.3) is 0 Å². The number of nitrogens with one attached hydrogen (secondary N) is 1. The van der Waals surface area contributed by atoms with Crippen molar-refractivity contribution in [3.05, 3.63) is 62.5 Å². The molecule has 14 heteroatoms. The number of ether oxygens (including phenoxy) is 1. The quantitative estimate of drug-likeness (QED) is 0.457. The lowest BCUT2D eigenvalue weighted by Gasteiger charge is -2.43. The number of amidine groups is 1. The molecule has 0 spiro atoms. The molecule has 0 radical (unpaired) electrons. The highest BCUT2D eigenvalue weighted by Crippen LogP contribution is 2.38. The van der Waals surface area contributed by atoms with Crippen LogP contribution in [0.5, 0.6) is 0 Å². The Morgan fingerprint density at radius 3 is 2.69 bits per heavy atom.